The lowest BCUT2D eigenvalue weighted by Gasteiger charge is -2.39. The summed E-state index contributed by atoms with van der Waals surface area (Å²) in [5, 5.41) is 0. The number of piperidine rings is 1. The van der Waals surface area contributed by atoms with E-state index >= 15 is 0 Å². The van der Waals surface area contributed by atoms with Crippen LogP contribution in [-0.2, 0) is 6.54 Å². The Bertz CT molecular complexity index is 986. The molecule has 2 saturated heterocycles. The summed E-state index contributed by atoms with van der Waals surface area (Å²) in [4.78, 5) is 22.0. The molecule has 0 saturated carbocycles. The Morgan fingerprint density at radius 1 is 1.03 bits per heavy atom. The van der Waals surface area contributed by atoms with Crippen molar-refractivity contribution in [2.45, 2.75) is 39.7 Å². The maximum Gasteiger partial charge on any atom is 0.259 e. The van der Waals surface area contributed by atoms with Crippen molar-refractivity contribution in [1.82, 2.24) is 14.8 Å². The van der Waals surface area contributed by atoms with Gasteiger partial charge in [0.2, 0.25) is 11.8 Å². The molecule has 1 spiro atoms. The van der Waals surface area contributed by atoms with Gasteiger partial charge < -0.3 is 19.1 Å². The summed E-state index contributed by atoms with van der Waals surface area (Å²) in [5.41, 5.74) is 1.95. The van der Waals surface area contributed by atoms with E-state index in [0.717, 1.165) is 64.3 Å². The molecule has 4 rings (SSSR count). The number of aromatic nitrogens is 1. The number of carbonyl (C=O) groups is 1. The Hall–Kier alpha value is -2.80. The molecule has 2 fully saturated rings. The highest BCUT2D eigenvalue weighted by Crippen LogP contribution is 2.41. The number of likely N-dealkylation sites (tertiary alicyclic amines) is 2. The SMILES string of the molecule is COc1ccc(C(=O)N2CCC3(CCN(Cc4ccccc4OCC(C)C)CC3)C2)c(OC)n1. The van der Waals surface area contributed by atoms with Gasteiger partial charge in [-0.25, -0.2) is 0 Å². The molecule has 0 N–H and O–H groups in total. The van der Waals surface area contributed by atoms with Crippen LogP contribution in [0.15, 0.2) is 36.4 Å². The second kappa shape index (κ2) is 10.6. The molecule has 2 aromatic rings. The van der Waals surface area contributed by atoms with Gasteiger partial charge in [0, 0.05) is 31.3 Å². The molecule has 1 aromatic heterocycles. The van der Waals surface area contributed by atoms with Crippen molar-refractivity contribution in [2.75, 3.05) is 47.0 Å². The first-order chi connectivity index (χ1) is 16.4. The van der Waals surface area contributed by atoms with Crippen molar-refractivity contribution < 1.29 is 19.0 Å². The number of hydrogen-bond acceptors (Lipinski definition) is 6. The maximum atomic E-state index is 13.2. The van der Waals surface area contributed by atoms with Gasteiger partial charge in [0.1, 0.15) is 11.3 Å². The number of ether oxygens (including phenoxy) is 3. The molecule has 2 aliphatic rings. The molecule has 7 heteroatoms. The molecule has 0 aliphatic carbocycles. The number of carbonyl (C=O) groups excluding carboxylic acids is 1. The first kappa shape index (κ1) is 24.3. The standard InChI is InChI=1S/C27H37N3O4/c1-20(2)18-34-23-8-6-5-7-21(23)17-29-14-11-27(12-15-29)13-16-30(19-27)26(31)22-9-10-24(32-3)28-25(22)33-4/h5-10,20H,11-19H2,1-4H3. The van der Waals surface area contributed by atoms with Crippen molar-refractivity contribution in [1.29, 1.82) is 0 Å². The zero-order valence-corrected chi connectivity index (χ0v) is 20.9. The molecule has 0 atom stereocenters. The number of methoxy groups -OCH3 is 2. The number of amides is 1. The summed E-state index contributed by atoms with van der Waals surface area (Å²) >= 11 is 0. The van der Waals surface area contributed by atoms with Gasteiger partial charge in [0.15, 0.2) is 0 Å². The summed E-state index contributed by atoms with van der Waals surface area (Å²) in [7, 11) is 3.09. The first-order valence-corrected chi connectivity index (χ1v) is 12.2. The Labute approximate surface area is 203 Å². The Balaban J connectivity index is 1.35. The van der Waals surface area contributed by atoms with Crippen LogP contribution in [-0.4, -0.2) is 67.7 Å². The first-order valence-electron chi connectivity index (χ1n) is 12.2. The highest BCUT2D eigenvalue weighted by atomic mass is 16.5. The molecule has 3 heterocycles. The fourth-order valence-corrected chi connectivity index (χ4v) is 5.00. The molecular formula is C27H37N3O4. The zero-order chi connectivity index (χ0) is 24.1. The molecule has 1 aromatic carbocycles. The van der Waals surface area contributed by atoms with Crippen LogP contribution >= 0.6 is 0 Å². The average Bonchev–Trinajstić information content (AvgIpc) is 3.27. The second-order valence-corrected chi connectivity index (χ2v) is 9.98. The number of benzene rings is 1. The number of nitrogens with zero attached hydrogens (tertiary/aromatic N) is 3. The Morgan fingerprint density at radius 2 is 1.76 bits per heavy atom. The monoisotopic (exact) mass is 467 g/mol. The van der Waals surface area contributed by atoms with E-state index in [2.05, 4.69) is 41.9 Å². The second-order valence-electron chi connectivity index (χ2n) is 9.98. The molecule has 2 aliphatic heterocycles. The third-order valence-corrected chi connectivity index (χ3v) is 7.05. The lowest BCUT2D eigenvalue weighted by atomic mass is 9.77. The van der Waals surface area contributed by atoms with Crippen LogP contribution < -0.4 is 14.2 Å². The van der Waals surface area contributed by atoms with E-state index < -0.39 is 0 Å². The van der Waals surface area contributed by atoms with Crippen LogP contribution in [0.3, 0.4) is 0 Å². The van der Waals surface area contributed by atoms with Crippen molar-refractivity contribution in [2.24, 2.45) is 11.3 Å². The highest BCUT2D eigenvalue weighted by Gasteiger charge is 2.42. The fraction of sp³-hybridized carbons (Fsp3) is 0.556. The minimum Gasteiger partial charge on any atom is -0.493 e. The Kier molecular flexibility index (Phi) is 7.61. The van der Waals surface area contributed by atoms with E-state index in [1.807, 2.05) is 11.0 Å². The Morgan fingerprint density at radius 3 is 2.47 bits per heavy atom. The summed E-state index contributed by atoms with van der Waals surface area (Å²) in [6, 6.07) is 11.8. The molecule has 34 heavy (non-hydrogen) atoms. The van der Waals surface area contributed by atoms with Gasteiger partial charge in [0.25, 0.3) is 5.91 Å². The minimum atomic E-state index is -0.0115. The molecule has 184 valence electrons. The van der Waals surface area contributed by atoms with Gasteiger partial charge >= 0.3 is 0 Å². The molecule has 0 bridgehead atoms. The number of pyridine rings is 1. The predicted octanol–water partition coefficient (Wildman–Crippen LogP) is 4.26. The van der Waals surface area contributed by atoms with Crippen LogP contribution in [0.4, 0.5) is 0 Å². The van der Waals surface area contributed by atoms with Crippen molar-refractivity contribution in [3.63, 3.8) is 0 Å². The average molecular weight is 468 g/mol. The van der Waals surface area contributed by atoms with Gasteiger partial charge in [-0.3, -0.25) is 9.69 Å². The molecule has 7 nitrogen and oxygen atoms in total. The van der Waals surface area contributed by atoms with Gasteiger partial charge in [0.05, 0.1) is 20.8 Å². The van der Waals surface area contributed by atoms with Crippen LogP contribution in [0.25, 0.3) is 0 Å². The summed E-state index contributed by atoms with van der Waals surface area (Å²) in [5.74, 6) is 2.25. The van der Waals surface area contributed by atoms with Gasteiger partial charge in [-0.1, -0.05) is 32.0 Å². The number of para-hydroxylation sites is 1. The van der Waals surface area contributed by atoms with Gasteiger partial charge in [-0.15, -0.1) is 0 Å². The third-order valence-electron chi connectivity index (χ3n) is 7.05. The van der Waals surface area contributed by atoms with Gasteiger partial charge in [-0.2, -0.15) is 4.98 Å². The molecule has 1 amide bonds. The highest BCUT2D eigenvalue weighted by molar-refractivity contribution is 5.96. The van der Waals surface area contributed by atoms with Crippen LogP contribution in [0.5, 0.6) is 17.5 Å². The largest absolute Gasteiger partial charge is 0.493 e. The lowest BCUT2D eigenvalue weighted by molar-refractivity contribution is 0.0708. The zero-order valence-electron chi connectivity index (χ0n) is 20.9. The quantitative estimate of drug-likeness (QED) is 0.578. The smallest absolute Gasteiger partial charge is 0.259 e. The van der Waals surface area contributed by atoms with E-state index in [0.29, 0.717) is 23.2 Å². The van der Waals surface area contributed by atoms with E-state index in [4.69, 9.17) is 14.2 Å². The number of hydrogen-bond donors (Lipinski definition) is 0. The molecule has 0 radical (unpaired) electrons. The lowest BCUT2D eigenvalue weighted by Crippen LogP contribution is -2.42. The van der Waals surface area contributed by atoms with Crippen molar-refractivity contribution >= 4 is 5.91 Å². The number of rotatable bonds is 8. The van der Waals surface area contributed by atoms with E-state index in [1.165, 1.54) is 12.7 Å². The van der Waals surface area contributed by atoms with Crippen molar-refractivity contribution in [3.05, 3.63) is 47.5 Å². The third kappa shape index (κ3) is 5.46. The van der Waals surface area contributed by atoms with Gasteiger partial charge in [-0.05, 0) is 55.8 Å². The summed E-state index contributed by atoms with van der Waals surface area (Å²) in [6.07, 6.45) is 3.25. The summed E-state index contributed by atoms with van der Waals surface area (Å²) in [6.45, 7) is 9.62. The van der Waals surface area contributed by atoms with E-state index in [-0.39, 0.29) is 11.3 Å². The predicted molar refractivity (Wildman–Crippen MR) is 132 cm³/mol. The topological polar surface area (TPSA) is 64.1 Å². The molecular weight excluding hydrogens is 430 g/mol. The van der Waals surface area contributed by atoms with E-state index in [1.54, 1.807) is 19.2 Å². The summed E-state index contributed by atoms with van der Waals surface area (Å²) < 4.78 is 16.6. The fourth-order valence-electron chi connectivity index (χ4n) is 5.00. The normalized spacial score (nSPS) is 17.9. The van der Waals surface area contributed by atoms with E-state index in [9.17, 15) is 4.79 Å². The van der Waals surface area contributed by atoms with Crippen molar-refractivity contribution in [3.8, 4) is 17.5 Å². The minimum absolute atomic E-state index is 0.0115. The maximum absolute atomic E-state index is 13.2. The van der Waals surface area contributed by atoms with Crippen LogP contribution in [0, 0.1) is 11.3 Å². The van der Waals surface area contributed by atoms with Crippen LogP contribution in [0.1, 0.15) is 49.0 Å². The van der Waals surface area contributed by atoms with Crippen LogP contribution in [0.2, 0.25) is 0 Å². The molecule has 0 unspecified atom stereocenters.